The lowest BCUT2D eigenvalue weighted by atomic mass is 9.89. The van der Waals surface area contributed by atoms with Crippen molar-refractivity contribution in [3.05, 3.63) is 65.2 Å². The van der Waals surface area contributed by atoms with Gasteiger partial charge >= 0.3 is 0 Å². The lowest BCUT2D eigenvalue weighted by molar-refractivity contribution is 0.0713. The van der Waals surface area contributed by atoms with Gasteiger partial charge in [-0.05, 0) is 79.5 Å². The molecule has 0 spiro atoms. The molecule has 2 saturated heterocycles. The molecule has 0 aromatic heterocycles. The van der Waals surface area contributed by atoms with Gasteiger partial charge in [-0.15, -0.1) is 0 Å². The average Bonchev–Trinajstić information content (AvgIpc) is 2.74. The molecule has 2 aliphatic rings. The van der Waals surface area contributed by atoms with Gasteiger partial charge in [-0.3, -0.25) is 4.79 Å². The van der Waals surface area contributed by atoms with Crippen molar-refractivity contribution < 1.29 is 9.90 Å². The zero-order chi connectivity index (χ0) is 18.6. The van der Waals surface area contributed by atoms with Crippen molar-refractivity contribution in [2.24, 2.45) is 0 Å². The SMILES string of the molecule is O=C(c1ccc([C@H]2CCCNC2)cc1)N1CCC(c2cccc(O)c2)CC1. The average molecular weight is 364 g/mol. The van der Waals surface area contributed by atoms with Gasteiger partial charge in [0.1, 0.15) is 5.75 Å². The predicted molar refractivity (Wildman–Crippen MR) is 107 cm³/mol. The summed E-state index contributed by atoms with van der Waals surface area (Å²) in [4.78, 5) is 14.8. The number of hydrogen-bond donors (Lipinski definition) is 2. The van der Waals surface area contributed by atoms with Crippen LogP contribution in [0.5, 0.6) is 5.75 Å². The normalized spacial score (nSPS) is 21.2. The molecule has 2 heterocycles. The Kier molecular flexibility index (Phi) is 5.44. The molecule has 1 amide bonds. The maximum atomic E-state index is 12.9. The first-order valence-electron chi connectivity index (χ1n) is 10.1. The number of carbonyl (C=O) groups is 1. The van der Waals surface area contributed by atoms with Crippen LogP contribution in [-0.4, -0.2) is 42.1 Å². The summed E-state index contributed by atoms with van der Waals surface area (Å²) in [6.45, 7) is 3.70. The second-order valence-corrected chi connectivity index (χ2v) is 7.83. The molecule has 4 rings (SSSR count). The van der Waals surface area contributed by atoms with Crippen LogP contribution in [0.25, 0.3) is 0 Å². The minimum Gasteiger partial charge on any atom is -0.508 e. The molecule has 0 bridgehead atoms. The molecule has 27 heavy (non-hydrogen) atoms. The molecular weight excluding hydrogens is 336 g/mol. The quantitative estimate of drug-likeness (QED) is 0.869. The van der Waals surface area contributed by atoms with Crippen molar-refractivity contribution in [1.29, 1.82) is 0 Å². The van der Waals surface area contributed by atoms with Crippen molar-refractivity contribution in [2.45, 2.75) is 37.5 Å². The maximum Gasteiger partial charge on any atom is 0.253 e. The van der Waals surface area contributed by atoms with Gasteiger partial charge in [-0.1, -0.05) is 24.3 Å². The van der Waals surface area contributed by atoms with Crippen LogP contribution in [0.3, 0.4) is 0 Å². The van der Waals surface area contributed by atoms with E-state index in [1.807, 2.05) is 29.2 Å². The molecule has 0 aliphatic carbocycles. The van der Waals surface area contributed by atoms with E-state index in [-0.39, 0.29) is 5.91 Å². The van der Waals surface area contributed by atoms with Gasteiger partial charge in [0, 0.05) is 25.2 Å². The molecule has 2 aliphatic heterocycles. The van der Waals surface area contributed by atoms with E-state index >= 15 is 0 Å². The summed E-state index contributed by atoms with van der Waals surface area (Å²) in [6, 6.07) is 15.8. The van der Waals surface area contributed by atoms with E-state index in [1.165, 1.54) is 24.0 Å². The molecule has 0 radical (unpaired) electrons. The van der Waals surface area contributed by atoms with Crippen LogP contribution < -0.4 is 5.32 Å². The Hall–Kier alpha value is -2.33. The second kappa shape index (κ2) is 8.13. The Morgan fingerprint density at radius 3 is 2.41 bits per heavy atom. The van der Waals surface area contributed by atoms with Gasteiger partial charge in [0.05, 0.1) is 0 Å². The first-order valence-corrected chi connectivity index (χ1v) is 10.1. The van der Waals surface area contributed by atoms with Crippen molar-refractivity contribution in [1.82, 2.24) is 10.2 Å². The zero-order valence-corrected chi connectivity index (χ0v) is 15.7. The molecule has 142 valence electrons. The number of rotatable bonds is 3. The first kappa shape index (κ1) is 18.1. The minimum atomic E-state index is 0.137. The monoisotopic (exact) mass is 364 g/mol. The number of hydrogen-bond acceptors (Lipinski definition) is 3. The second-order valence-electron chi connectivity index (χ2n) is 7.83. The number of piperidine rings is 2. The van der Waals surface area contributed by atoms with Crippen LogP contribution in [-0.2, 0) is 0 Å². The Balaban J connectivity index is 1.36. The topological polar surface area (TPSA) is 52.6 Å². The molecule has 2 aromatic rings. The van der Waals surface area contributed by atoms with Crippen LogP contribution >= 0.6 is 0 Å². The molecule has 4 heteroatoms. The van der Waals surface area contributed by atoms with Gasteiger partial charge < -0.3 is 15.3 Å². The van der Waals surface area contributed by atoms with Gasteiger partial charge in [-0.2, -0.15) is 0 Å². The van der Waals surface area contributed by atoms with E-state index < -0.39 is 0 Å². The summed E-state index contributed by atoms with van der Waals surface area (Å²) in [7, 11) is 0. The highest BCUT2D eigenvalue weighted by Crippen LogP contribution is 2.30. The Bertz CT molecular complexity index is 773. The number of phenols is 1. The molecule has 2 N–H and O–H groups in total. The molecule has 0 unspecified atom stereocenters. The number of phenolic OH excluding ortho intramolecular Hbond substituents is 1. The van der Waals surface area contributed by atoms with Gasteiger partial charge in [0.15, 0.2) is 0 Å². The zero-order valence-electron chi connectivity index (χ0n) is 15.7. The Labute approximate surface area is 161 Å². The fourth-order valence-corrected chi connectivity index (χ4v) is 4.41. The van der Waals surface area contributed by atoms with Crippen molar-refractivity contribution >= 4 is 5.91 Å². The van der Waals surface area contributed by atoms with Gasteiger partial charge in [0.25, 0.3) is 5.91 Å². The number of likely N-dealkylation sites (tertiary alicyclic amines) is 1. The van der Waals surface area contributed by atoms with E-state index in [1.54, 1.807) is 6.07 Å². The smallest absolute Gasteiger partial charge is 0.253 e. The lowest BCUT2D eigenvalue weighted by Crippen LogP contribution is -2.37. The molecule has 2 aromatic carbocycles. The maximum absolute atomic E-state index is 12.9. The number of nitrogens with zero attached hydrogens (tertiary/aromatic N) is 1. The van der Waals surface area contributed by atoms with Crippen molar-refractivity contribution in [3.8, 4) is 5.75 Å². The number of amides is 1. The summed E-state index contributed by atoms with van der Waals surface area (Å²) < 4.78 is 0. The first-order chi connectivity index (χ1) is 13.2. The van der Waals surface area contributed by atoms with Crippen LogP contribution in [0, 0.1) is 0 Å². The summed E-state index contributed by atoms with van der Waals surface area (Å²) in [6.07, 6.45) is 4.34. The fourth-order valence-electron chi connectivity index (χ4n) is 4.41. The number of nitrogens with one attached hydrogen (secondary N) is 1. The van der Waals surface area contributed by atoms with Crippen LogP contribution in [0.1, 0.15) is 59.0 Å². The summed E-state index contributed by atoms with van der Waals surface area (Å²) in [5.41, 5.74) is 3.30. The van der Waals surface area contributed by atoms with E-state index in [2.05, 4.69) is 23.5 Å². The summed E-state index contributed by atoms with van der Waals surface area (Å²) >= 11 is 0. The van der Waals surface area contributed by atoms with Gasteiger partial charge in [0.2, 0.25) is 0 Å². The fraction of sp³-hybridized carbons (Fsp3) is 0.435. The third-order valence-electron chi connectivity index (χ3n) is 6.05. The van der Waals surface area contributed by atoms with Crippen LogP contribution in [0.4, 0.5) is 0 Å². The Morgan fingerprint density at radius 2 is 1.74 bits per heavy atom. The summed E-state index contributed by atoms with van der Waals surface area (Å²) in [5.74, 6) is 1.44. The number of benzene rings is 2. The lowest BCUT2D eigenvalue weighted by Gasteiger charge is -2.32. The van der Waals surface area contributed by atoms with E-state index in [4.69, 9.17) is 0 Å². The molecule has 1 atom stereocenters. The largest absolute Gasteiger partial charge is 0.508 e. The highest BCUT2D eigenvalue weighted by Gasteiger charge is 2.25. The van der Waals surface area contributed by atoms with E-state index in [0.717, 1.165) is 44.6 Å². The molecule has 2 fully saturated rings. The van der Waals surface area contributed by atoms with E-state index in [0.29, 0.717) is 17.6 Å². The summed E-state index contributed by atoms with van der Waals surface area (Å²) in [5, 5.41) is 13.1. The van der Waals surface area contributed by atoms with Gasteiger partial charge in [-0.25, -0.2) is 0 Å². The number of aromatic hydroxyl groups is 1. The third-order valence-corrected chi connectivity index (χ3v) is 6.05. The standard InChI is InChI=1S/C23H28N2O2/c26-22-5-1-3-20(15-22)18-10-13-25(14-11-18)23(27)19-8-6-17(7-9-19)21-4-2-12-24-16-21/h1,3,5-9,15,18,21,24,26H,2,4,10-14,16H2/t21-/m0/s1. The van der Waals surface area contributed by atoms with Crippen LogP contribution in [0.15, 0.2) is 48.5 Å². The van der Waals surface area contributed by atoms with Crippen LogP contribution in [0.2, 0.25) is 0 Å². The van der Waals surface area contributed by atoms with Crippen molar-refractivity contribution in [3.63, 3.8) is 0 Å². The molecular formula is C23H28N2O2. The molecule has 4 nitrogen and oxygen atoms in total. The highest BCUT2D eigenvalue weighted by molar-refractivity contribution is 5.94. The Morgan fingerprint density at radius 1 is 0.963 bits per heavy atom. The van der Waals surface area contributed by atoms with E-state index in [9.17, 15) is 9.90 Å². The highest BCUT2D eigenvalue weighted by atomic mass is 16.3. The van der Waals surface area contributed by atoms with Crippen molar-refractivity contribution in [2.75, 3.05) is 26.2 Å². The molecule has 0 saturated carbocycles. The third kappa shape index (κ3) is 4.16. The predicted octanol–water partition coefficient (Wildman–Crippen LogP) is 3.88. The number of carbonyl (C=O) groups excluding carboxylic acids is 1. The minimum absolute atomic E-state index is 0.137.